The van der Waals surface area contributed by atoms with Crippen LogP contribution in [0.2, 0.25) is 0 Å². The number of esters is 1. The minimum atomic E-state index is -0.886. The van der Waals surface area contributed by atoms with Gasteiger partial charge >= 0.3 is 5.97 Å². The number of terminal acetylenes is 1. The van der Waals surface area contributed by atoms with Crippen molar-refractivity contribution in [3.05, 3.63) is 0 Å². The molecule has 4 nitrogen and oxygen atoms in total. The molecule has 0 spiro atoms. The molecule has 0 N–H and O–H groups in total. The Morgan fingerprint density at radius 1 is 1.69 bits per heavy atom. The van der Waals surface area contributed by atoms with Gasteiger partial charge in [-0.1, -0.05) is 5.92 Å². The van der Waals surface area contributed by atoms with E-state index in [1.807, 2.05) is 0 Å². The van der Waals surface area contributed by atoms with Crippen LogP contribution in [0, 0.1) is 12.3 Å². The fourth-order valence-corrected chi connectivity index (χ4v) is 0.816. The van der Waals surface area contributed by atoms with Gasteiger partial charge in [0.25, 0.3) is 0 Å². The maximum atomic E-state index is 11.3. The van der Waals surface area contributed by atoms with Gasteiger partial charge in [0.1, 0.15) is 6.79 Å². The van der Waals surface area contributed by atoms with Gasteiger partial charge in [-0.25, -0.2) is 4.79 Å². The zero-order valence-corrected chi connectivity index (χ0v) is 7.70. The maximum absolute atomic E-state index is 11.3. The Balaban J connectivity index is 2.45. The second kappa shape index (κ2) is 3.77. The Bertz CT molecular complexity index is 232. The number of carbonyl (C=O) groups excluding carboxylic acids is 1. The number of hydrogen-bond acceptors (Lipinski definition) is 4. The normalized spacial score (nSPS) is 22.4. The van der Waals surface area contributed by atoms with E-state index in [1.54, 1.807) is 13.8 Å². The van der Waals surface area contributed by atoms with Gasteiger partial charge in [0, 0.05) is 0 Å². The molecule has 1 saturated heterocycles. The summed E-state index contributed by atoms with van der Waals surface area (Å²) in [6, 6.07) is 0. The zero-order valence-electron chi connectivity index (χ0n) is 7.70. The Kier molecular flexibility index (Phi) is 2.91. The van der Waals surface area contributed by atoms with E-state index in [-0.39, 0.29) is 13.4 Å². The fourth-order valence-electron chi connectivity index (χ4n) is 0.816. The molecule has 1 atom stereocenters. The molecule has 0 aromatic carbocycles. The molecular weight excluding hydrogens is 172 g/mol. The van der Waals surface area contributed by atoms with Crippen LogP contribution in [0.15, 0.2) is 0 Å². The summed E-state index contributed by atoms with van der Waals surface area (Å²) in [6.07, 6.45) is 4.52. The summed E-state index contributed by atoms with van der Waals surface area (Å²) in [4.78, 5) is 11.3. The highest BCUT2D eigenvalue weighted by Gasteiger charge is 2.30. The van der Waals surface area contributed by atoms with Gasteiger partial charge in [0.2, 0.25) is 0 Å². The molecule has 0 radical (unpaired) electrons. The number of ether oxygens (including phenoxy) is 3. The minimum absolute atomic E-state index is 0.135. The van der Waals surface area contributed by atoms with Gasteiger partial charge in [-0.2, -0.15) is 0 Å². The highest BCUT2D eigenvalue weighted by Crippen LogP contribution is 2.12. The van der Waals surface area contributed by atoms with Crippen LogP contribution >= 0.6 is 0 Å². The Labute approximate surface area is 77.2 Å². The van der Waals surface area contributed by atoms with Crippen LogP contribution in [0.1, 0.15) is 13.8 Å². The van der Waals surface area contributed by atoms with E-state index in [4.69, 9.17) is 20.6 Å². The van der Waals surface area contributed by atoms with E-state index in [9.17, 15) is 4.79 Å². The monoisotopic (exact) mass is 184 g/mol. The summed E-state index contributed by atoms with van der Waals surface area (Å²) in [7, 11) is 0. The maximum Gasteiger partial charge on any atom is 0.339 e. The van der Waals surface area contributed by atoms with E-state index >= 15 is 0 Å². The lowest BCUT2D eigenvalue weighted by Gasteiger charge is -2.19. The van der Waals surface area contributed by atoms with E-state index < -0.39 is 17.7 Å². The van der Waals surface area contributed by atoms with Gasteiger partial charge in [-0.3, -0.25) is 0 Å². The number of hydrogen-bond donors (Lipinski definition) is 0. The molecule has 13 heavy (non-hydrogen) atoms. The molecule has 0 saturated carbocycles. The first-order valence-corrected chi connectivity index (χ1v) is 3.95. The molecule has 0 amide bonds. The van der Waals surface area contributed by atoms with Crippen molar-refractivity contribution < 1.29 is 19.0 Å². The minimum Gasteiger partial charge on any atom is -0.444 e. The first-order valence-electron chi connectivity index (χ1n) is 3.95. The summed E-state index contributed by atoms with van der Waals surface area (Å²) in [5, 5.41) is 0. The third-order valence-electron chi connectivity index (χ3n) is 1.59. The van der Waals surface area contributed by atoms with Gasteiger partial charge < -0.3 is 14.2 Å². The largest absolute Gasteiger partial charge is 0.444 e. The molecule has 1 aliphatic rings. The topological polar surface area (TPSA) is 44.8 Å². The smallest absolute Gasteiger partial charge is 0.339 e. The summed E-state index contributed by atoms with van der Waals surface area (Å²) < 4.78 is 14.8. The predicted octanol–water partition coefficient (Wildman–Crippen LogP) is 0.314. The Morgan fingerprint density at radius 3 is 2.85 bits per heavy atom. The Hall–Kier alpha value is -1.05. The van der Waals surface area contributed by atoms with Gasteiger partial charge in [0.05, 0.1) is 6.61 Å². The van der Waals surface area contributed by atoms with Crippen molar-refractivity contribution in [2.75, 3.05) is 13.4 Å². The van der Waals surface area contributed by atoms with Crippen LogP contribution < -0.4 is 0 Å². The van der Waals surface area contributed by atoms with Crippen molar-refractivity contribution in [1.82, 2.24) is 0 Å². The van der Waals surface area contributed by atoms with Crippen molar-refractivity contribution in [3.8, 4) is 12.3 Å². The molecule has 1 rings (SSSR count). The molecule has 0 aromatic heterocycles. The van der Waals surface area contributed by atoms with E-state index in [2.05, 4.69) is 5.92 Å². The van der Waals surface area contributed by atoms with Gasteiger partial charge in [-0.15, -0.1) is 6.42 Å². The van der Waals surface area contributed by atoms with Crippen molar-refractivity contribution in [2.45, 2.75) is 25.6 Å². The van der Waals surface area contributed by atoms with Gasteiger partial charge in [0.15, 0.2) is 11.7 Å². The van der Waals surface area contributed by atoms with Crippen LogP contribution in [-0.2, 0) is 19.0 Å². The van der Waals surface area contributed by atoms with Crippen molar-refractivity contribution in [3.63, 3.8) is 0 Å². The molecule has 4 heteroatoms. The van der Waals surface area contributed by atoms with Crippen LogP contribution in [0.5, 0.6) is 0 Å². The van der Waals surface area contributed by atoms with E-state index in [1.165, 1.54) is 0 Å². The summed E-state index contributed by atoms with van der Waals surface area (Å²) in [6.45, 7) is 3.65. The van der Waals surface area contributed by atoms with Crippen molar-refractivity contribution >= 4 is 5.97 Å². The zero-order chi connectivity index (χ0) is 9.90. The second-order valence-corrected chi connectivity index (χ2v) is 3.22. The highest BCUT2D eigenvalue weighted by molar-refractivity contribution is 5.75. The lowest BCUT2D eigenvalue weighted by Crippen LogP contribution is -2.33. The molecule has 72 valence electrons. The van der Waals surface area contributed by atoms with Crippen LogP contribution in [0.4, 0.5) is 0 Å². The van der Waals surface area contributed by atoms with E-state index in [0.29, 0.717) is 0 Å². The molecule has 0 aliphatic carbocycles. The van der Waals surface area contributed by atoms with Crippen molar-refractivity contribution in [1.29, 1.82) is 0 Å². The highest BCUT2D eigenvalue weighted by atomic mass is 16.7. The molecule has 1 unspecified atom stereocenters. The van der Waals surface area contributed by atoms with E-state index in [0.717, 1.165) is 0 Å². The first-order chi connectivity index (χ1) is 6.05. The average Bonchev–Trinajstić information content (AvgIpc) is 2.55. The second-order valence-electron chi connectivity index (χ2n) is 3.22. The summed E-state index contributed by atoms with van der Waals surface area (Å²) in [5.41, 5.74) is -0.886. The first kappa shape index (κ1) is 10.0. The molecule has 1 heterocycles. The molecule has 0 bridgehead atoms. The SMILES string of the molecule is C#CC(C)(C)OC(=O)C1COCO1. The summed E-state index contributed by atoms with van der Waals surface area (Å²) in [5.74, 6) is 1.88. The Morgan fingerprint density at radius 2 is 2.38 bits per heavy atom. The van der Waals surface area contributed by atoms with Crippen molar-refractivity contribution in [2.24, 2.45) is 0 Å². The van der Waals surface area contributed by atoms with Crippen LogP contribution in [-0.4, -0.2) is 31.1 Å². The summed E-state index contributed by atoms with van der Waals surface area (Å²) >= 11 is 0. The van der Waals surface area contributed by atoms with Crippen LogP contribution in [0.25, 0.3) is 0 Å². The number of carbonyl (C=O) groups is 1. The molecule has 0 aromatic rings. The fraction of sp³-hybridized carbons (Fsp3) is 0.667. The standard InChI is InChI=1S/C9H12O4/c1-4-9(2,3)13-8(10)7-5-11-6-12-7/h1,7H,5-6H2,2-3H3. The molecule has 1 fully saturated rings. The lowest BCUT2D eigenvalue weighted by molar-refractivity contribution is -0.162. The lowest BCUT2D eigenvalue weighted by atomic mass is 10.1. The van der Waals surface area contributed by atoms with Gasteiger partial charge in [-0.05, 0) is 13.8 Å². The third kappa shape index (κ3) is 2.72. The molecular formula is C9H12O4. The quantitative estimate of drug-likeness (QED) is 0.458. The molecule has 1 aliphatic heterocycles. The average molecular weight is 184 g/mol. The van der Waals surface area contributed by atoms with Crippen LogP contribution in [0.3, 0.4) is 0 Å². The third-order valence-corrected chi connectivity index (χ3v) is 1.59. The predicted molar refractivity (Wildman–Crippen MR) is 44.7 cm³/mol. The number of rotatable bonds is 2.